The van der Waals surface area contributed by atoms with Gasteiger partial charge < -0.3 is 10.0 Å². The fourth-order valence-corrected chi connectivity index (χ4v) is 1.76. The van der Waals surface area contributed by atoms with E-state index >= 15 is 0 Å². The van der Waals surface area contributed by atoms with E-state index in [2.05, 4.69) is 15.2 Å². The van der Waals surface area contributed by atoms with Crippen LogP contribution in [0.1, 0.15) is 19.3 Å². The number of H-pyrrole nitrogens is 1. The number of aliphatic hydroxyl groups is 1. The van der Waals surface area contributed by atoms with Crippen molar-refractivity contribution in [1.82, 2.24) is 19.6 Å². The molecule has 0 saturated heterocycles. The molecule has 18 heavy (non-hydrogen) atoms. The number of nitrogens with one attached hydrogen (secondary N) is 1. The summed E-state index contributed by atoms with van der Waals surface area (Å²) in [5, 5.41) is 15.0. The summed E-state index contributed by atoms with van der Waals surface area (Å²) in [7, 11) is 1.95. The van der Waals surface area contributed by atoms with Crippen LogP contribution in [0.4, 0.5) is 5.82 Å². The molecule has 2 N–H and O–H groups in total. The number of hydrogen-bond donors (Lipinski definition) is 2. The Balaban J connectivity index is 2.03. The zero-order valence-electron chi connectivity index (χ0n) is 10.3. The molecule has 0 aliphatic rings. The van der Waals surface area contributed by atoms with Crippen LogP contribution >= 0.6 is 0 Å². The highest BCUT2D eigenvalue weighted by Crippen LogP contribution is 2.10. The van der Waals surface area contributed by atoms with E-state index in [0.29, 0.717) is 5.65 Å². The van der Waals surface area contributed by atoms with Gasteiger partial charge in [-0.05, 0) is 19.3 Å². The number of aromatic amines is 1. The Morgan fingerprint density at radius 3 is 3.06 bits per heavy atom. The van der Waals surface area contributed by atoms with E-state index in [1.165, 1.54) is 10.7 Å². The molecule has 2 aromatic heterocycles. The lowest BCUT2D eigenvalue weighted by atomic mass is 10.2. The molecular formula is C11H17N5O2. The lowest BCUT2D eigenvalue weighted by Crippen LogP contribution is -2.20. The SMILES string of the molecule is CN(CCCCCO)c1cc2n[nH]c(=O)n2cn1. The molecule has 7 nitrogen and oxygen atoms in total. The molecule has 0 atom stereocenters. The standard InChI is InChI=1S/C11H17N5O2/c1-15(5-3-2-4-6-17)9-7-10-13-14-11(18)16(10)8-12-9/h7-8,17H,2-6H2,1H3,(H,14,18). The van der Waals surface area contributed by atoms with Crippen LogP contribution in [-0.2, 0) is 0 Å². The minimum Gasteiger partial charge on any atom is -0.396 e. The third-order valence-corrected chi connectivity index (χ3v) is 2.84. The van der Waals surface area contributed by atoms with E-state index in [9.17, 15) is 4.79 Å². The third-order valence-electron chi connectivity index (χ3n) is 2.84. The maximum absolute atomic E-state index is 11.3. The van der Waals surface area contributed by atoms with E-state index in [1.54, 1.807) is 6.07 Å². The molecule has 0 fully saturated rings. The van der Waals surface area contributed by atoms with Gasteiger partial charge in [0.25, 0.3) is 0 Å². The van der Waals surface area contributed by atoms with Crippen molar-refractivity contribution < 1.29 is 5.11 Å². The third kappa shape index (κ3) is 2.67. The second-order valence-electron chi connectivity index (χ2n) is 4.21. The summed E-state index contributed by atoms with van der Waals surface area (Å²) in [6.45, 7) is 1.10. The predicted molar refractivity (Wildman–Crippen MR) is 67.8 cm³/mol. The Bertz CT molecular complexity index is 562. The van der Waals surface area contributed by atoms with Crippen molar-refractivity contribution in [2.45, 2.75) is 19.3 Å². The summed E-state index contributed by atoms with van der Waals surface area (Å²) in [6.07, 6.45) is 4.29. The van der Waals surface area contributed by atoms with Crippen LogP contribution in [0, 0.1) is 0 Å². The number of aliphatic hydroxyl groups excluding tert-OH is 1. The second-order valence-corrected chi connectivity index (χ2v) is 4.21. The number of hydrogen-bond acceptors (Lipinski definition) is 5. The van der Waals surface area contributed by atoms with Crippen LogP contribution in [-0.4, -0.2) is 44.9 Å². The van der Waals surface area contributed by atoms with Crippen LogP contribution in [0.15, 0.2) is 17.2 Å². The molecule has 0 unspecified atom stereocenters. The summed E-state index contributed by atoms with van der Waals surface area (Å²) >= 11 is 0. The van der Waals surface area contributed by atoms with Crippen molar-refractivity contribution in [2.75, 3.05) is 25.1 Å². The zero-order chi connectivity index (χ0) is 13.0. The van der Waals surface area contributed by atoms with Crippen molar-refractivity contribution in [3.63, 3.8) is 0 Å². The summed E-state index contributed by atoms with van der Waals surface area (Å²) in [6, 6.07) is 1.77. The Hall–Kier alpha value is -1.89. The minimum atomic E-state index is -0.283. The Labute approximate surface area is 104 Å². The maximum atomic E-state index is 11.3. The molecule has 7 heteroatoms. The van der Waals surface area contributed by atoms with Gasteiger partial charge in [-0.1, -0.05) is 0 Å². The highest BCUT2D eigenvalue weighted by molar-refractivity contribution is 5.49. The molecule has 0 aromatic carbocycles. The van der Waals surface area contributed by atoms with Gasteiger partial charge in [0.1, 0.15) is 12.1 Å². The van der Waals surface area contributed by atoms with Crippen LogP contribution in [0.25, 0.3) is 5.65 Å². The highest BCUT2D eigenvalue weighted by Gasteiger charge is 2.06. The molecule has 0 saturated carbocycles. The van der Waals surface area contributed by atoms with Crippen LogP contribution in [0.2, 0.25) is 0 Å². The van der Waals surface area contributed by atoms with Gasteiger partial charge in [0.05, 0.1) is 0 Å². The number of rotatable bonds is 6. The molecule has 0 amide bonds. The molecule has 2 rings (SSSR count). The van der Waals surface area contributed by atoms with Gasteiger partial charge in [-0.25, -0.2) is 19.3 Å². The molecule has 0 radical (unpaired) electrons. The number of aromatic nitrogens is 4. The lowest BCUT2D eigenvalue weighted by Gasteiger charge is -2.17. The normalized spacial score (nSPS) is 11.0. The summed E-state index contributed by atoms with van der Waals surface area (Å²) in [5.41, 5.74) is 0.279. The van der Waals surface area contributed by atoms with Crippen molar-refractivity contribution in [3.05, 3.63) is 22.9 Å². The van der Waals surface area contributed by atoms with Gasteiger partial charge in [0.15, 0.2) is 5.65 Å². The first-order valence-electron chi connectivity index (χ1n) is 5.97. The fraction of sp³-hybridized carbons (Fsp3) is 0.545. The van der Waals surface area contributed by atoms with Gasteiger partial charge in [-0.3, -0.25) is 0 Å². The number of fused-ring (bicyclic) bond motifs is 1. The van der Waals surface area contributed by atoms with Crippen LogP contribution in [0.5, 0.6) is 0 Å². The Morgan fingerprint density at radius 1 is 1.44 bits per heavy atom. The van der Waals surface area contributed by atoms with Crippen molar-refractivity contribution >= 4 is 11.5 Å². The van der Waals surface area contributed by atoms with Gasteiger partial charge in [0.2, 0.25) is 0 Å². The second kappa shape index (κ2) is 5.63. The summed E-state index contributed by atoms with van der Waals surface area (Å²) in [4.78, 5) is 17.5. The molecule has 2 heterocycles. The van der Waals surface area contributed by atoms with Gasteiger partial charge in [-0.2, -0.15) is 5.10 Å². The van der Waals surface area contributed by atoms with Crippen molar-refractivity contribution in [2.24, 2.45) is 0 Å². The lowest BCUT2D eigenvalue weighted by molar-refractivity contribution is 0.283. The van der Waals surface area contributed by atoms with E-state index in [4.69, 9.17) is 5.11 Å². The zero-order valence-corrected chi connectivity index (χ0v) is 10.3. The molecule has 0 aliphatic carbocycles. The minimum absolute atomic E-state index is 0.240. The first-order valence-corrected chi connectivity index (χ1v) is 5.97. The average Bonchev–Trinajstić information content (AvgIpc) is 2.76. The Kier molecular flexibility index (Phi) is 3.93. The van der Waals surface area contributed by atoms with Crippen molar-refractivity contribution in [1.29, 1.82) is 0 Å². The van der Waals surface area contributed by atoms with Crippen LogP contribution in [0.3, 0.4) is 0 Å². The fourth-order valence-electron chi connectivity index (χ4n) is 1.76. The molecule has 0 bridgehead atoms. The largest absolute Gasteiger partial charge is 0.396 e. The average molecular weight is 251 g/mol. The summed E-state index contributed by atoms with van der Waals surface area (Å²) in [5.74, 6) is 0.783. The van der Waals surface area contributed by atoms with Crippen LogP contribution < -0.4 is 10.6 Å². The summed E-state index contributed by atoms with van der Waals surface area (Å²) < 4.78 is 1.36. The number of anilines is 1. The number of nitrogens with zero attached hydrogens (tertiary/aromatic N) is 4. The number of unbranched alkanes of at least 4 members (excludes halogenated alkanes) is 2. The van der Waals surface area contributed by atoms with Gasteiger partial charge in [-0.15, -0.1) is 0 Å². The van der Waals surface area contributed by atoms with Crippen molar-refractivity contribution in [3.8, 4) is 0 Å². The van der Waals surface area contributed by atoms with E-state index < -0.39 is 0 Å². The van der Waals surface area contributed by atoms with Gasteiger partial charge in [0, 0.05) is 26.3 Å². The predicted octanol–water partition coefficient (Wildman–Crippen LogP) is 0.0164. The molecule has 0 aliphatic heterocycles. The van der Waals surface area contributed by atoms with E-state index in [1.807, 2.05) is 11.9 Å². The first kappa shape index (κ1) is 12.6. The highest BCUT2D eigenvalue weighted by atomic mass is 16.2. The Morgan fingerprint density at radius 2 is 2.28 bits per heavy atom. The molecule has 0 spiro atoms. The molecular weight excluding hydrogens is 234 g/mol. The first-order chi connectivity index (χ1) is 8.72. The van der Waals surface area contributed by atoms with Gasteiger partial charge >= 0.3 is 5.69 Å². The smallest absolute Gasteiger partial charge is 0.348 e. The maximum Gasteiger partial charge on any atom is 0.348 e. The molecule has 2 aromatic rings. The quantitative estimate of drug-likeness (QED) is 0.707. The van der Waals surface area contributed by atoms with E-state index in [0.717, 1.165) is 31.6 Å². The molecule has 98 valence electrons. The topological polar surface area (TPSA) is 86.5 Å². The monoisotopic (exact) mass is 251 g/mol. The van der Waals surface area contributed by atoms with E-state index in [-0.39, 0.29) is 12.3 Å².